The minimum atomic E-state index is -2.92. The molecule has 11 heteroatoms. The Morgan fingerprint density at radius 2 is 1.87 bits per heavy atom. The van der Waals surface area contributed by atoms with E-state index in [0.717, 1.165) is 10.9 Å². The molecular formula is C19H22ClN5O4S. The van der Waals surface area contributed by atoms with Crippen molar-refractivity contribution in [1.82, 2.24) is 19.9 Å². The summed E-state index contributed by atoms with van der Waals surface area (Å²) < 4.78 is 35.0. The van der Waals surface area contributed by atoms with Gasteiger partial charge in [0.05, 0.1) is 30.1 Å². The summed E-state index contributed by atoms with van der Waals surface area (Å²) in [6.07, 6.45) is 1.78. The van der Waals surface area contributed by atoms with Crippen LogP contribution in [-0.2, 0) is 14.6 Å². The molecule has 2 aliphatic rings. The summed E-state index contributed by atoms with van der Waals surface area (Å²) in [5.74, 6) is 1.03. The van der Waals surface area contributed by atoms with Crippen molar-refractivity contribution in [3.05, 3.63) is 23.1 Å². The number of ether oxygens (including phenoxy) is 1. The summed E-state index contributed by atoms with van der Waals surface area (Å²) in [6, 6.07) is 2.03. The highest BCUT2D eigenvalue weighted by Gasteiger charge is 2.27. The minimum Gasteiger partial charge on any atom is -0.432 e. The van der Waals surface area contributed by atoms with Gasteiger partial charge in [0.25, 0.3) is 0 Å². The molecule has 2 saturated heterocycles. The monoisotopic (exact) mass is 451 g/mol. The first-order valence-electron chi connectivity index (χ1n) is 9.94. The molecule has 0 amide bonds. The number of pyridine rings is 1. The second kappa shape index (κ2) is 7.60. The van der Waals surface area contributed by atoms with Crippen LogP contribution in [-0.4, -0.2) is 79.2 Å². The molecule has 0 N–H and O–H groups in total. The fourth-order valence-corrected chi connectivity index (χ4v) is 5.44. The molecule has 0 aromatic carbocycles. The summed E-state index contributed by atoms with van der Waals surface area (Å²) in [4.78, 5) is 17.6. The van der Waals surface area contributed by atoms with Gasteiger partial charge in [-0.3, -0.25) is 4.90 Å². The van der Waals surface area contributed by atoms with Crippen LogP contribution in [0.25, 0.3) is 22.2 Å². The highest BCUT2D eigenvalue weighted by Crippen LogP contribution is 2.35. The largest absolute Gasteiger partial charge is 0.432 e. The van der Waals surface area contributed by atoms with Crippen molar-refractivity contribution >= 4 is 49.5 Å². The number of rotatable bonds is 3. The van der Waals surface area contributed by atoms with Crippen LogP contribution in [0, 0.1) is 0 Å². The standard InChI is InChI=1S/C19H22ClN5O4S/c1-12(24-4-8-30(26,27)9-5-24)13-10-14-15-16(29-18(14)21-11-13)17(23-19(20)22-15)25-2-6-28-7-3-25/h10-12H,2-9H2,1H3. The van der Waals surface area contributed by atoms with Crippen LogP contribution in [0.2, 0.25) is 5.28 Å². The molecule has 160 valence electrons. The summed E-state index contributed by atoms with van der Waals surface area (Å²) in [7, 11) is -2.92. The van der Waals surface area contributed by atoms with E-state index in [1.165, 1.54) is 0 Å². The molecule has 0 saturated carbocycles. The zero-order valence-corrected chi connectivity index (χ0v) is 18.1. The number of nitrogens with zero attached hydrogens (tertiary/aromatic N) is 5. The highest BCUT2D eigenvalue weighted by molar-refractivity contribution is 7.91. The van der Waals surface area contributed by atoms with Gasteiger partial charge in [0.2, 0.25) is 11.0 Å². The van der Waals surface area contributed by atoms with Gasteiger partial charge in [0.1, 0.15) is 5.52 Å². The Hall–Kier alpha value is -2.01. The van der Waals surface area contributed by atoms with Crippen molar-refractivity contribution in [2.75, 3.05) is 55.8 Å². The Labute approximate surface area is 178 Å². The van der Waals surface area contributed by atoms with Crippen molar-refractivity contribution < 1.29 is 17.6 Å². The van der Waals surface area contributed by atoms with Crippen molar-refractivity contribution in [3.63, 3.8) is 0 Å². The fourth-order valence-electron chi connectivity index (χ4n) is 4.05. The topological polar surface area (TPSA) is 102 Å². The van der Waals surface area contributed by atoms with Crippen LogP contribution in [0.15, 0.2) is 16.7 Å². The van der Waals surface area contributed by atoms with Gasteiger partial charge < -0.3 is 14.1 Å². The third-order valence-electron chi connectivity index (χ3n) is 5.87. The first-order chi connectivity index (χ1) is 14.4. The van der Waals surface area contributed by atoms with Crippen LogP contribution in [0.3, 0.4) is 0 Å². The van der Waals surface area contributed by atoms with Gasteiger partial charge in [0.15, 0.2) is 21.2 Å². The Morgan fingerprint density at radius 3 is 2.60 bits per heavy atom. The molecule has 2 aliphatic heterocycles. The van der Waals surface area contributed by atoms with Gasteiger partial charge in [-0.05, 0) is 30.2 Å². The third-order valence-corrected chi connectivity index (χ3v) is 7.64. The second-order valence-electron chi connectivity index (χ2n) is 7.68. The van der Waals surface area contributed by atoms with Crippen molar-refractivity contribution in [3.8, 4) is 0 Å². The summed E-state index contributed by atoms with van der Waals surface area (Å²) >= 11 is 6.24. The lowest BCUT2D eigenvalue weighted by atomic mass is 10.1. The van der Waals surface area contributed by atoms with Crippen LogP contribution >= 0.6 is 11.6 Å². The molecule has 2 fully saturated rings. The van der Waals surface area contributed by atoms with Gasteiger partial charge in [0, 0.05) is 38.4 Å². The van der Waals surface area contributed by atoms with E-state index in [1.807, 2.05) is 6.07 Å². The number of hydrogen-bond donors (Lipinski definition) is 0. The number of anilines is 1. The normalized spacial score (nSPS) is 21.3. The molecule has 0 aliphatic carbocycles. The molecule has 30 heavy (non-hydrogen) atoms. The smallest absolute Gasteiger partial charge is 0.229 e. The molecule has 0 bridgehead atoms. The quantitative estimate of drug-likeness (QED) is 0.553. The summed E-state index contributed by atoms with van der Waals surface area (Å²) in [5, 5.41) is 0.934. The molecule has 0 radical (unpaired) electrons. The van der Waals surface area contributed by atoms with E-state index in [0.29, 0.717) is 62.0 Å². The second-order valence-corrected chi connectivity index (χ2v) is 10.3. The molecular weight excluding hydrogens is 430 g/mol. The Bertz CT molecular complexity index is 1190. The molecule has 3 aromatic rings. The molecule has 0 spiro atoms. The predicted octanol–water partition coefficient (Wildman–Crippen LogP) is 2.05. The van der Waals surface area contributed by atoms with Crippen LogP contribution < -0.4 is 4.90 Å². The molecule has 3 aromatic heterocycles. The summed E-state index contributed by atoms with van der Waals surface area (Å²) in [5.41, 5.74) is 2.66. The minimum absolute atomic E-state index is 0.0263. The van der Waals surface area contributed by atoms with Gasteiger partial charge in [-0.15, -0.1) is 0 Å². The van der Waals surface area contributed by atoms with E-state index in [-0.39, 0.29) is 22.8 Å². The van der Waals surface area contributed by atoms with E-state index < -0.39 is 9.84 Å². The number of halogens is 1. The molecule has 5 rings (SSSR count). The zero-order valence-electron chi connectivity index (χ0n) is 16.5. The van der Waals surface area contributed by atoms with E-state index in [9.17, 15) is 8.42 Å². The predicted molar refractivity (Wildman–Crippen MR) is 114 cm³/mol. The maximum absolute atomic E-state index is 11.7. The third kappa shape index (κ3) is 3.62. The fraction of sp³-hybridized carbons (Fsp3) is 0.526. The average Bonchev–Trinajstić information content (AvgIpc) is 3.11. The Kier molecular flexibility index (Phi) is 5.04. The number of hydrogen-bond acceptors (Lipinski definition) is 9. The van der Waals surface area contributed by atoms with Crippen LogP contribution in [0.4, 0.5) is 5.82 Å². The van der Waals surface area contributed by atoms with Gasteiger partial charge in [-0.2, -0.15) is 4.98 Å². The van der Waals surface area contributed by atoms with Gasteiger partial charge in [-0.1, -0.05) is 0 Å². The van der Waals surface area contributed by atoms with Gasteiger partial charge >= 0.3 is 0 Å². The van der Waals surface area contributed by atoms with Crippen molar-refractivity contribution in [2.24, 2.45) is 0 Å². The van der Waals surface area contributed by atoms with E-state index >= 15 is 0 Å². The first-order valence-corrected chi connectivity index (χ1v) is 12.1. The molecule has 1 unspecified atom stereocenters. The number of morpholine rings is 1. The molecule has 9 nitrogen and oxygen atoms in total. The number of furan rings is 1. The Balaban J connectivity index is 1.54. The van der Waals surface area contributed by atoms with Crippen molar-refractivity contribution in [1.29, 1.82) is 0 Å². The van der Waals surface area contributed by atoms with Crippen molar-refractivity contribution in [2.45, 2.75) is 13.0 Å². The number of sulfone groups is 1. The zero-order chi connectivity index (χ0) is 20.9. The highest BCUT2D eigenvalue weighted by atomic mass is 35.5. The Morgan fingerprint density at radius 1 is 1.13 bits per heavy atom. The SMILES string of the molecule is CC(c1cnc2oc3c(N4CCOCC4)nc(Cl)nc3c2c1)N1CCS(=O)(=O)CC1. The lowest BCUT2D eigenvalue weighted by molar-refractivity contribution is 0.122. The van der Waals surface area contributed by atoms with E-state index in [1.54, 1.807) is 6.20 Å². The summed E-state index contributed by atoms with van der Waals surface area (Å²) in [6.45, 7) is 5.74. The number of fused-ring (bicyclic) bond motifs is 3. The lowest BCUT2D eigenvalue weighted by Gasteiger charge is -2.32. The maximum atomic E-state index is 11.7. The molecule has 1 atom stereocenters. The average molecular weight is 452 g/mol. The first kappa shape index (κ1) is 19.9. The number of aromatic nitrogens is 3. The molecule has 5 heterocycles. The van der Waals surface area contributed by atoms with Gasteiger partial charge in [-0.25, -0.2) is 18.4 Å². The maximum Gasteiger partial charge on any atom is 0.229 e. The van der Waals surface area contributed by atoms with E-state index in [4.69, 9.17) is 20.8 Å². The lowest BCUT2D eigenvalue weighted by Crippen LogP contribution is -2.41. The van der Waals surface area contributed by atoms with Crippen LogP contribution in [0.1, 0.15) is 18.5 Å². The van der Waals surface area contributed by atoms with E-state index in [2.05, 4.69) is 31.7 Å². The van der Waals surface area contributed by atoms with Crippen LogP contribution in [0.5, 0.6) is 0 Å².